The molecule has 0 radical (unpaired) electrons. The summed E-state index contributed by atoms with van der Waals surface area (Å²) in [4.78, 5) is 25.0. The molecule has 2 N–H and O–H groups in total. The van der Waals surface area contributed by atoms with Crippen LogP contribution in [0.5, 0.6) is 0 Å². The summed E-state index contributed by atoms with van der Waals surface area (Å²) in [6.07, 6.45) is 0. The van der Waals surface area contributed by atoms with Gasteiger partial charge in [0.2, 0.25) is 11.8 Å². The molecule has 0 atom stereocenters. The highest BCUT2D eigenvalue weighted by Gasteiger charge is 2.36. The summed E-state index contributed by atoms with van der Waals surface area (Å²) >= 11 is 3.33. The van der Waals surface area contributed by atoms with Crippen LogP contribution in [0.25, 0.3) is 0 Å². The number of halogens is 1. The number of nitrogens with one attached hydrogen (secondary N) is 2. The van der Waals surface area contributed by atoms with Gasteiger partial charge < -0.3 is 10.6 Å². The molecule has 2 amide bonds. The van der Waals surface area contributed by atoms with Crippen LogP contribution in [-0.4, -0.2) is 11.8 Å². The van der Waals surface area contributed by atoms with Gasteiger partial charge in [0, 0.05) is 10.2 Å². The maximum atomic E-state index is 12.5. The number of hydrogen-bond acceptors (Lipinski definition) is 3. The number of anilines is 2. The zero-order chi connectivity index (χ0) is 17.7. The lowest BCUT2D eigenvalue weighted by molar-refractivity contribution is -0.135. The summed E-state index contributed by atoms with van der Waals surface area (Å²) < 4.78 is 0.825. The average molecular weight is 386 g/mol. The minimum atomic E-state index is -1.31. The maximum absolute atomic E-state index is 12.5. The lowest BCUT2D eigenvalue weighted by Gasteiger charge is -2.23. The summed E-state index contributed by atoms with van der Waals surface area (Å²) in [7, 11) is 0. The van der Waals surface area contributed by atoms with Crippen molar-refractivity contribution in [2.24, 2.45) is 5.41 Å². The highest BCUT2D eigenvalue weighted by atomic mass is 79.9. The first-order valence-corrected chi connectivity index (χ1v) is 8.01. The number of carbonyl (C=O) groups excluding carboxylic acids is 2. The van der Waals surface area contributed by atoms with Gasteiger partial charge in [-0.1, -0.05) is 34.1 Å². The van der Waals surface area contributed by atoms with Crippen molar-refractivity contribution in [1.29, 1.82) is 5.26 Å². The minimum Gasteiger partial charge on any atom is -0.325 e. The number of rotatable bonds is 4. The maximum Gasteiger partial charge on any atom is 0.239 e. The quantitative estimate of drug-likeness (QED) is 0.782. The molecule has 0 saturated heterocycles. The van der Waals surface area contributed by atoms with Gasteiger partial charge >= 0.3 is 0 Å². The Morgan fingerprint density at radius 3 is 2.38 bits per heavy atom. The number of benzene rings is 2. The van der Waals surface area contributed by atoms with Gasteiger partial charge in [-0.15, -0.1) is 0 Å². The molecule has 0 fully saturated rings. The highest BCUT2D eigenvalue weighted by molar-refractivity contribution is 9.10. The van der Waals surface area contributed by atoms with Crippen LogP contribution in [0.3, 0.4) is 0 Å². The third kappa shape index (κ3) is 4.00. The molecular weight excluding hydrogens is 370 g/mol. The van der Waals surface area contributed by atoms with Gasteiger partial charge in [0.05, 0.1) is 11.3 Å². The van der Waals surface area contributed by atoms with E-state index in [1.807, 2.05) is 12.1 Å². The second-order valence-electron chi connectivity index (χ2n) is 5.70. The van der Waals surface area contributed by atoms with Gasteiger partial charge in [-0.25, -0.2) is 0 Å². The Balaban J connectivity index is 2.15. The van der Waals surface area contributed by atoms with E-state index in [4.69, 9.17) is 5.26 Å². The minimum absolute atomic E-state index is 0.342. The molecule has 0 aromatic heterocycles. The van der Waals surface area contributed by atoms with Gasteiger partial charge in [-0.2, -0.15) is 5.26 Å². The fourth-order valence-electron chi connectivity index (χ4n) is 1.92. The van der Waals surface area contributed by atoms with E-state index in [9.17, 15) is 9.59 Å². The molecule has 0 bridgehead atoms. The van der Waals surface area contributed by atoms with Gasteiger partial charge in [0.25, 0.3) is 0 Å². The largest absolute Gasteiger partial charge is 0.325 e. The Morgan fingerprint density at radius 1 is 1.04 bits per heavy atom. The molecule has 0 heterocycles. The van der Waals surface area contributed by atoms with E-state index in [0.717, 1.165) is 4.47 Å². The predicted molar refractivity (Wildman–Crippen MR) is 96.3 cm³/mol. The lowest BCUT2D eigenvalue weighted by atomic mass is 9.90. The van der Waals surface area contributed by atoms with Crippen LogP contribution in [0.2, 0.25) is 0 Å². The highest BCUT2D eigenvalue weighted by Crippen LogP contribution is 2.24. The van der Waals surface area contributed by atoms with Crippen molar-refractivity contribution in [2.75, 3.05) is 10.6 Å². The summed E-state index contributed by atoms with van der Waals surface area (Å²) in [5.41, 5.74) is 0.000266. The molecule has 2 aromatic carbocycles. The van der Waals surface area contributed by atoms with E-state index in [1.165, 1.54) is 13.8 Å². The second kappa shape index (κ2) is 7.28. The molecule has 0 spiro atoms. The fourth-order valence-corrected chi connectivity index (χ4v) is 2.32. The van der Waals surface area contributed by atoms with Crippen molar-refractivity contribution in [3.63, 3.8) is 0 Å². The lowest BCUT2D eigenvalue weighted by Crippen LogP contribution is -2.41. The van der Waals surface area contributed by atoms with Gasteiger partial charge in [0.1, 0.15) is 11.5 Å². The number of para-hydroxylation sites is 1. The number of carbonyl (C=O) groups is 2. The summed E-state index contributed by atoms with van der Waals surface area (Å²) in [6.45, 7) is 3.06. The zero-order valence-corrected chi connectivity index (χ0v) is 14.8. The number of amides is 2. The fraction of sp³-hybridized carbons (Fsp3) is 0.167. The molecule has 0 unspecified atom stereocenters. The summed E-state index contributed by atoms with van der Waals surface area (Å²) in [6, 6.07) is 15.8. The van der Waals surface area contributed by atoms with Crippen molar-refractivity contribution in [1.82, 2.24) is 0 Å². The normalized spacial score (nSPS) is 10.6. The van der Waals surface area contributed by atoms with Crippen LogP contribution < -0.4 is 10.6 Å². The van der Waals surface area contributed by atoms with Crippen molar-refractivity contribution in [3.8, 4) is 6.07 Å². The number of hydrogen-bond donors (Lipinski definition) is 2. The van der Waals surface area contributed by atoms with Crippen molar-refractivity contribution in [3.05, 3.63) is 58.6 Å². The first-order valence-electron chi connectivity index (χ1n) is 7.22. The standard InChI is InChI=1S/C18H16BrN3O2/c1-18(2,16(23)21-14-8-5-7-13(19)10-14)17(24)22-15-9-4-3-6-12(15)11-20/h3-10H,1-2H3,(H,21,23)(H,22,24). The first kappa shape index (κ1) is 17.7. The molecule has 5 nitrogen and oxygen atoms in total. The predicted octanol–water partition coefficient (Wildman–Crippen LogP) is 3.92. The second-order valence-corrected chi connectivity index (χ2v) is 6.62. The Hall–Kier alpha value is -2.65. The monoisotopic (exact) mass is 385 g/mol. The van der Waals surface area contributed by atoms with E-state index in [2.05, 4.69) is 26.6 Å². The molecule has 0 aliphatic heterocycles. The Bertz CT molecular complexity index is 825. The van der Waals surface area contributed by atoms with Crippen LogP contribution in [0.4, 0.5) is 11.4 Å². The molecule has 2 rings (SSSR count). The SMILES string of the molecule is CC(C)(C(=O)Nc1cccc(Br)c1)C(=O)Nc1ccccc1C#N. The topological polar surface area (TPSA) is 82.0 Å². The van der Waals surface area contributed by atoms with E-state index >= 15 is 0 Å². The Labute approximate surface area is 148 Å². The van der Waals surface area contributed by atoms with Crippen LogP contribution in [-0.2, 0) is 9.59 Å². The third-order valence-corrected chi connectivity index (χ3v) is 4.01. The summed E-state index contributed by atoms with van der Waals surface area (Å²) in [5, 5.41) is 14.5. The Morgan fingerprint density at radius 2 is 1.71 bits per heavy atom. The van der Waals surface area contributed by atoms with Crippen LogP contribution in [0.1, 0.15) is 19.4 Å². The molecular formula is C18H16BrN3O2. The summed E-state index contributed by atoms with van der Waals surface area (Å²) in [5.74, 6) is -0.926. The molecule has 122 valence electrons. The van der Waals surface area contributed by atoms with E-state index in [-0.39, 0.29) is 0 Å². The molecule has 2 aromatic rings. The van der Waals surface area contributed by atoms with Crippen molar-refractivity contribution in [2.45, 2.75) is 13.8 Å². The zero-order valence-electron chi connectivity index (χ0n) is 13.3. The molecule has 0 saturated carbocycles. The first-order chi connectivity index (χ1) is 11.3. The van der Waals surface area contributed by atoms with E-state index < -0.39 is 17.2 Å². The average Bonchev–Trinajstić information content (AvgIpc) is 2.55. The smallest absolute Gasteiger partial charge is 0.239 e. The Kier molecular flexibility index (Phi) is 5.37. The van der Waals surface area contributed by atoms with Crippen LogP contribution in [0, 0.1) is 16.7 Å². The van der Waals surface area contributed by atoms with Crippen LogP contribution in [0.15, 0.2) is 53.0 Å². The number of nitriles is 1. The molecule has 24 heavy (non-hydrogen) atoms. The van der Waals surface area contributed by atoms with Crippen molar-refractivity contribution < 1.29 is 9.59 Å². The molecule has 6 heteroatoms. The van der Waals surface area contributed by atoms with Crippen molar-refractivity contribution >= 4 is 39.1 Å². The van der Waals surface area contributed by atoms with E-state index in [1.54, 1.807) is 42.5 Å². The van der Waals surface area contributed by atoms with Gasteiger partial charge in [0.15, 0.2) is 0 Å². The molecule has 0 aliphatic carbocycles. The van der Waals surface area contributed by atoms with E-state index in [0.29, 0.717) is 16.9 Å². The van der Waals surface area contributed by atoms with Gasteiger partial charge in [-0.05, 0) is 44.2 Å². The molecule has 0 aliphatic rings. The van der Waals surface area contributed by atoms with Gasteiger partial charge in [-0.3, -0.25) is 9.59 Å². The van der Waals surface area contributed by atoms with Crippen LogP contribution >= 0.6 is 15.9 Å². The third-order valence-electron chi connectivity index (χ3n) is 3.51. The number of nitrogens with zero attached hydrogens (tertiary/aromatic N) is 1.